The predicted octanol–water partition coefficient (Wildman–Crippen LogP) is 3.42. The van der Waals surface area contributed by atoms with Crippen LogP contribution in [-0.4, -0.2) is 49.7 Å². The highest BCUT2D eigenvalue weighted by molar-refractivity contribution is 7.89. The molecule has 1 aliphatic heterocycles. The molecule has 0 N–H and O–H groups in total. The second-order valence-electron chi connectivity index (χ2n) is 5.91. The second-order valence-corrected chi connectivity index (χ2v) is 8.60. The SMILES string of the molecule is O=C(c1cc(F)cc(F)c1)N1CCN(S(=O)(=O)c2cccc(Cl)c2Cl)CC1. The number of halogens is 4. The van der Waals surface area contributed by atoms with E-state index in [4.69, 9.17) is 23.2 Å². The molecule has 0 unspecified atom stereocenters. The highest BCUT2D eigenvalue weighted by atomic mass is 35.5. The molecule has 1 heterocycles. The third-order valence-corrected chi connectivity index (χ3v) is 7.04. The Labute approximate surface area is 165 Å². The zero-order valence-electron chi connectivity index (χ0n) is 13.8. The standard InChI is InChI=1S/C17H14Cl2F2N2O3S/c18-14-2-1-3-15(16(14)19)27(25,26)23-6-4-22(5-7-23)17(24)11-8-12(20)10-13(21)9-11/h1-3,8-10H,4-7H2. The van der Waals surface area contributed by atoms with E-state index in [9.17, 15) is 22.0 Å². The van der Waals surface area contributed by atoms with E-state index in [2.05, 4.69) is 0 Å². The lowest BCUT2D eigenvalue weighted by Crippen LogP contribution is -2.50. The van der Waals surface area contributed by atoms with Gasteiger partial charge in [-0.05, 0) is 24.3 Å². The molecule has 1 fully saturated rings. The largest absolute Gasteiger partial charge is 0.336 e. The summed E-state index contributed by atoms with van der Waals surface area (Å²) in [6.07, 6.45) is 0. The summed E-state index contributed by atoms with van der Waals surface area (Å²) >= 11 is 11.9. The van der Waals surface area contributed by atoms with Crippen molar-refractivity contribution in [2.24, 2.45) is 0 Å². The number of hydrogen-bond acceptors (Lipinski definition) is 3. The predicted molar refractivity (Wildman–Crippen MR) is 97.5 cm³/mol. The van der Waals surface area contributed by atoms with Crippen molar-refractivity contribution in [1.29, 1.82) is 0 Å². The molecule has 1 aliphatic rings. The number of benzene rings is 2. The molecule has 0 aromatic heterocycles. The minimum atomic E-state index is -3.88. The van der Waals surface area contributed by atoms with Gasteiger partial charge in [0, 0.05) is 37.8 Å². The van der Waals surface area contributed by atoms with Crippen LogP contribution in [0.15, 0.2) is 41.3 Å². The lowest BCUT2D eigenvalue weighted by molar-refractivity contribution is 0.0697. The van der Waals surface area contributed by atoms with Gasteiger partial charge < -0.3 is 4.90 Å². The number of carbonyl (C=O) groups is 1. The van der Waals surface area contributed by atoms with Gasteiger partial charge in [-0.15, -0.1) is 0 Å². The van der Waals surface area contributed by atoms with Gasteiger partial charge in [0.15, 0.2) is 0 Å². The normalized spacial score (nSPS) is 15.8. The van der Waals surface area contributed by atoms with Crippen molar-refractivity contribution < 1.29 is 22.0 Å². The fraction of sp³-hybridized carbons (Fsp3) is 0.235. The van der Waals surface area contributed by atoms with Crippen LogP contribution in [0.3, 0.4) is 0 Å². The summed E-state index contributed by atoms with van der Waals surface area (Å²) in [6.45, 7) is 0.201. The highest BCUT2D eigenvalue weighted by Gasteiger charge is 2.32. The Hall–Kier alpha value is -1.74. The Kier molecular flexibility index (Phi) is 5.71. The van der Waals surface area contributed by atoms with Crippen LogP contribution in [0.4, 0.5) is 8.78 Å². The Morgan fingerprint density at radius 2 is 1.56 bits per heavy atom. The molecule has 2 aromatic carbocycles. The van der Waals surface area contributed by atoms with Gasteiger partial charge in [0.1, 0.15) is 16.5 Å². The van der Waals surface area contributed by atoms with Crippen LogP contribution < -0.4 is 0 Å². The van der Waals surface area contributed by atoms with E-state index in [-0.39, 0.29) is 46.7 Å². The fourth-order valence-corrected chi connectivity index (χ4v) is 4.97. The molecule has 0 atom stereocenters. The molecule has 1 saturated heterocycles. The van der Waals surface area contributed by atoms with E-state index < -0.39 is 27.6 Å². The minimum Gasteiger partial charge on any atom is -0.336 e. The van der Waals surface area contributed by atoms with Gasteiger partial charge in [-0.1, -0.05) is 29.3 Å². The van der Waals surface area contributed by atoms with Crippen molar-refractivity contribution in [2.45, 2.75) is 4.90 Å². The van der Waals surface area contributed by atoms with Crippen molar-refractivity contribution in [3.05, 3.63) is 63.6 Å². The number of hydrogen-bond donors (Lipinski definition) is 0. The number of amides is 1. The van der Waals surface area contributed by atoms with Crippen LogP contribution >= 0.6 is 23.2 Å². The van der Waals surface area contributed by atoms with E-state index in [1.165, 1.54) is 27.4 Å². The maximum atomic E-state index is 13.3. The molecule has 0 bridgehead atoms. The van der Waals surface area contributed by atoms with E-state index >= 15 is 0 Å². The number of sulfonamides is 1. The van der Waals surface area contributed by atoms with Gasteiger partial charge in [0.2, 0.25) is 10.0 Å². The van der Waals surface area contributed by atoms with Crippen LogP contribution in [0.25, 0.3) is 0 Å². The van der Waals surface area contributed by atoms with Gasteiger partial charge in [-0.2, -0.15) is 4.31 Å². The zero-order chi connectivity index (χ0) is 19.8. The van der Waals surface area contributed by atoms with E-state index in [1.54, 1.807) is 0 Å². The average Bonchev–Trinajstić information content (AvgIpc) is 2.62. The molecule has 10 heteroatoms. The van der Waals surface area contributed by atoms with Gasteiger partial charge in [-0.25, -0.2) is 17.2 Å². The number of piperazine rings is 1. The zero-order valence-corrected chi connectivity index (χ0v) is 16.2. The van der Waals surface area contributed by atoms with E-state index in [0.29, 0.717) is 6.07 Å². The topological polar surface area (TPSA) is 57.7 Å². The molecular formula is C17H14Cl2F2N2O3S. The molecular weight excluding hydrogens is 421 g/mol. The Balaban J connectivity index is 1.75. The minimum absolute atomic E-state index is 0.0225. The van der Waals surface area contributed by atoms with Crippen LogP contribution in [0.2, 0.25) is 10.0 Å². The van der Waals surface area contributed by atoms with Crippen LogP contribution in [0.1, 0.15) is 10.4 Å². The van der Waals surface area contributed by atoms with Gasteiger partial charge in [-0.3, -0.25) is 4.79 Å². The molecule has 0 spiro atoms. The molecule has 27 heavy (non-hydrogen) atoms. The van der Waals surface area contributed by atoms with Crippen molar-refractivity contribution in [1.82, 2.24) is 9.21 Å². The van der Waals surface area contributed by atoms with Gasteiger partial charge >= 0.3 is 0 Å². The number of carbonyl (C=O) groups excluding carboxylic acids is 1. The van der Waals surface area contributed by atoms with Crippen LogP contribution in [-0.2, 0) is 10.0 Å². The Morgan fingerprint density at radius 3 is 2.15 bits per heavy atom. The molecule has 1 amide bonds. The van der Waals surface area contributed by atoms with Crippen molar-refractivity contribution in [3.63, 3.8) is 0 Å². The first kappa shape index (κ1) is 20.0. The lowest BCUT2D eigenvalue weighted by Gasteiger charge is -2.34. The first-order valence-electron chi connectivity index (χ1n) is 7.89. The molecule has 0 radical (unpaired) electrons. The first-order chi connectivity index (χ1) is 12.7. The molecule has 144 valence electrons. The Morgan fingerprint density at radius 1 is 0.963 bits per heavy atom. The van der Waals surface area contributed by atoms with Gasteiger partial charge in [0.25, 0.3) is 5.91 Å². The first-order valence-corrected chi connectivity index (χ1v) is 10.1. The van der Waals surface area contributed by atoms with Crippen molar-refractivity contribution in [3.8, 4) is 0 Å². The van der Waals surface area contributed by atoms with Crippen LogP contribution in [0, 0.1) is 11.6 Å². The third-order valence-electron chi connectivity index (χ3n) is 4.17. The smallest absolute Gasteiger partial charge is 0.254 e. The van der Waals surface area contributed by atoms with Crippen molar-refractivity contribution in [2.75, 3.05) is 26.2 Å². The van der Waals surface area contributed by atoms with Crippen LogP contribution in [0.5, 0.6) is 0 Å². The van der Waals surface area contributed by atoms with E-state index in [1.807, 2.05) is 0 Å². The van der Waals surface area contributed by atoms with Gasteiger partial charge in [0.05, 0.1) is 10.0 Å². The molecule has 3 rings (SSSR count). The molecule has 0 saturated carbocycles. The number of nitrogens with zero attached hydrogens (tertiary/aromatic N) is 2. The van der Waals surface area contributed by atoms with Crippen molar-refractivity contribution >= 4 is 39.1 Å². The average molecular weight is 435 g/mol. The summed E-state index contributed by atoms with van der Waals surface area (Å²) in [4.78, 5) is 13.7. The maximum absolute atomic E-state index is 13.3. The van der Waals surface area contributed by atoms with E-state index in [0.717, 1.165) is 12.1 Å². The number of rotatable bonds is 3. The Bertz CT molecular complexity index is 973. The quantitative estimate of drug-likeness (QED) is 0.743. The summed E-state index contributed by atoms with van der Waals surface area (Å²) < 4.78 is 53.4. The monoisotopic (exact) mass is 434 g/mol. The maximum Gasteiger partial charge on any atom is 0.254 e. The summed E-state index contributed by atoms with van der Waals surface area (Å²) in [5, 5.41) is 0.0626. The highest BCUT2D eigenvalue weighted by Crippen LogP contribution is 2.31. The second kappa shape index (κ2) is 7.71. The summed E-state index contributed by atoms with van der Waals surface area (Å²) in [5.41, 5.74) is -0.123. The molecule has 0 aliphatic carbocycles. The fourth-order valence-electron chi connectivity index (χ4n) is 2.81. The lowest BCUT2D eigenvalue weighted by atomic mass is 10.1. The molecule has 5 nitrogen and oxygen atoms in total. The summed E-state index contributed by atoms with van der Waals surface area (Å²) in [7, 11) is -3.88. The summed E-state index contributed by atoms with van der Waals surface area (Å²) in [5.74, 6) is -2.27. The third kappa shape index (κ3) is 4.08. The molecule has 2 aromatic rings. The summed E-state index contributed by atoms with van der Waals surface area (Å²) in [6, 6.07) is 6.89.